The molecule has 0 N–H and O–H groups in total. The normalized spacial score (nSPS) is 13.3. The summed E-state index contributed by atoms with van der Waals surface area (Å²) in [5.74, 6) is 1.15. The van der Waals surface area contributed by atoms with Crippen LogP contribution in [0.15, 0.2) is 59.5 Å². The van der Waals surface area contributed by atoms with Crippen molar-refractivity contribution in [2.45, 2.75) is 20.5 Å². The van der Waals surface area contributed by atoms with Crippen molar-refractivity contribution in [1.29, 1.82) is 0 Å². The largest absolute Gasteiger partial charge is 0.497 e. The highest BCUT2D eigenvalue weighted by Crippen LogP contribution is 2.35. The third-order valence-corrected chi connectivity index (χ3v) is 6.04. The Labute approximate surface area is 159 Å². The first-order valence-corrected chi connectivity index (χ1v) is 10.1. The summed E-state index contributed by atoms with van der Waals surface area (Å²) in [6.45, 7) is -0.0349. The molecule has 0 aliphatic rings. The fraction of sp³-hybridized carbons (Fsp3) is 0.294. The molecule has 4 nitrogen and oxygen atoms in total. The molecule has 0 aliphatic heterocycles. The summed E-state index contributed by atoms with van der Waals surface area (Å²) in [6, 6.07) is 13.4. The monoisotopic (exact) mass is 482 g/mol. The molecular weight excluding hydrogens is 465 g/mol. The molecule has 1 atom stereocenters. The van der Waals surface area contributed by atoms with Crippen molar-refractivity contribution in [3.05, 3.63) is 54.6 Å². The Morgan fingerprint density at radius 3 is 2.16 bits per heavy atom. The predicted octanol–water partition coefficient (Wildman–Crippen LogP) is 4.33. The number of rotatable bonds is 8. The van der Waals surface area contributed by atoms with Crippen LogP contribution in [0.3, 0.4) is 0 Å². The lowest BCUT2D eigenvalue weighted by Gasteiger charge is -2.20. The molecule has 2 aromatic rings. The van der Waals surface area contributed by atoms with Gasteiger partial charge in [-0.1, -0.05) is 40.8 Å². The Balaban J connectivity index is 1.99. The van der Waals surface area contributed by atoms with Crippen molar-refractivity contribution >= 4 is 32.4 Å². The number of methoxy groups -OCH3 is 1. The van der Waals surface area contributed by atoms with E-state index >= 15 is 0 Å². The van der Waals surface area contributed by atoms with E-state index in [0.29, 0.717) is 11.5 Å². The Morgan fingerprint density at radius 2 is 1.60 bits per heavy atom. The average Bonchev–Trinajstić information content (AvgIpc) is 2.60. The van der Waals surface area contributed by atoms with Crippen LogP contribution in [-0.4, -0.2) is 31.3 Å². The third kappa shape index (κ3) is 5.04. The van der Waals surface area contributed by atoms with E-state index in [2.05, 4.69) is 0 Å². The Kier molecular flexibility index (Phi) is 6.61. The molecule has 0 bridgehead atoms. The standard InChI is InChI=1S/C17H17F2IO4S/c1-23-14-7-9-15(10-8-14)24-12-13(20)11-17(18,19)25(21,22)16-5-3-2-4-6-16/h2-10,13H,11-12H2,1H3. The van der Waals surface area contributed by atoms with Crippen LogP contribution >= 0.6 is 22.6 Å². The van der Waals surface area contributed by atoms with E-state index in [1.165, 1.54) is 31.4 Å². The molecule has 0 saturated carbocycles. The number of halogens is 3. The number of ether oxygens (including phenoxy) is 2. The summed E-state index contributed by atoms with van der Waals surface area (Å²) in [6.07, 6.45) is -0.832. The molecule has 0 spiro atoms. The van der Waals surface area contributed by atoms with Crippen molar-refractivity contribution in [3.63, 3.8) is 0 Å². The van der Waals surface area contributed by atoms with Crippen molar-refractivity contribution in [1.82, 2.24) is 0 Å². The van der Waals surface area contributed by atoms with Gasteiger partial charge in [0.15, 0.2) is 0 Å². The molecule has 0 aliphatic carbocycles. The zero-order valence-corrected chi connectivity index (χ0v) is 16.3. The van der Waals surface area contributed by atoms with Crippen molar-refractivity contribution < 1.29 is 26.7 Å². The van der Waals surface area contributed by atoms with E-state index in [-0.39, 0.29) is 11.5 Å². The van der Waals surface area contributed by atoms with Gasteiger partial charge in [-0.15, -0.1) is 0 Å². The van der Waals surface area contributed by atoms with Gasteiger partial charge in [0.2, 0.25) is 9.84 Å². The molecule has 0 aromatic heterocycles. The highest BCUT2D eigenvalue weighted by Gasteiger charge is 2.47. The second-order valence-corrected chi connectivity index (χ2v) is 9.08. The second kappa shape index (κ2) is 8.31. The molecule has 1 unspecified atom stereocenters. The predicted molar refractivity (Wildman–Crippen MR) is 99.5 cm³/mol. The molecule has 0 saturated heterocycles. The maximum absolute atomic E-state index is 14.3. The van der Waals surface area contributed by atoms with E-state index in [4.69, 9.17) is 9.47 Å². The van der Waals surface area contributed by atoms with Gasteiger partial charge in [0.1, 0.15) is 18.1 Å². The smallest absolute Gasteiger partial charge is 0.351 e. The van der Waals surface area contributed by atoms with Gasteiger partial charge >= 0.3 is 5.25 Å². The average molecular weight is 482 g/mol. The van der Waals surface area contributed by atoms with Gasteiger partial charge < -0.3 is 9.47 Å². The van der Waals surface area contributed by atoms with Crippen LogP contribution in [0.1, 0.15) is 6.42 Å². The van der Waals surface area contributed by atoms with E-state index in [1.54, 1.807) is 52.9 Å². The summed E-state index contributed by atoms with van der Waals surface area (Å²) in [5, 5.41) is -3.87. The van der Waals surface area contributed by atoms with Crippen LogP contribution in [-0.2, 0) is 9.84 Å². The highest BCUT2D eigenvalue weighted by atomic mass is 127. The topological polar surface area (TPSA) is 52.6 Å². The fourth-order valence-electron chi connectivity index (χ4n) is 2.06. The molecule has 25 heavy (non-hydrogen) atoms. The van der Waals surface area contributed by atoms with E-state index < -0.39 is 25.4 Å². The van der Waals surface area contributed by atoms with Gasteiger partial charge in [0.05, 0.1) is 15.9 Å². The van der Waals surface area contributed by atoms with Crippen LogP contribution in [0, 0.1) is 0 Å². The second-order valence-electron chi connectivity index (χ2n) is 5.24. The third-order valence-electron chi connectivity index (χ3n) is 3.40. The van der Waals surface area contributed by atoms with E-state index in [0.717, 1.165) is 0 Å². The van der Waals surface area contributed by atoms with Gasteiger partial charge in [-0.05, 0) is 36.4 Å². The number of hydrogen-bond donors (Lipinski definition) is 0. The van der Waals surface area contributed by atoms with Gasteiger partial charge in [0, 0.05) is 6.42 Å². The number of alkyl halides is 3. The summed E-state index contributed by atoms with van der Waals surface area (Å²) in [7, 11) is -3.20. The minimum absolute atomic E-state index is 0.0349. The zero-order chi connectivity index (χ0) is 18.5. The maximum Gasteiger partial charge on any atom is 0.351 e. The van der Waals surface area contributed by atoms with Gasteiger partial charge in [-0.25, -0.2) is 8.42 Å². The zero-order valence-electron chi connectivity index (χ0n) is 13.4. The lowest BCUT2D eigenvalue weighted by atomic mass is 10.3. The summed E-state index contributed by atoms with van der Waals surface area (Å²) >= 11 is 1.77. The number of benzene rings is 2. The summed E-state index contributed by atoms with van der Waals surface area (Å²) in [4.78, 5) is -0.389. The lowest BCUT2D eigenvalue weighted by molar-refractivity contribution is 0.0784. The maximum atomic E-state index is 14.3. The Morgan fingerprint density at radius 1 is 1.04 bits per heavy atom. The quantitative estimate of drug-likeness (QED) is 0.415. The minimum Gasteiger partial charge on any atom is -0.497 e. The van der Waals surface area contributed by atoms with Gasteiger partial charge in [-0.3, -0.25) is 0 Å². The molecular formula is C17H17F2IO4S. The van der Waals surface area contributed by atoms with Crippen LogP contribution in [0.25, 0.3) is 0 Å². The van der Waals surface area contributed by atoms with Crippen LogP contribution in [0.5, 0.6) is 11.5 Å². The molecule has 2 rings (SSSR count). The number of sulfone groups is 1. The number of hydrogen-bond acceptors (Lipinski definition) is 4. The van der Waals surface area contributed by atoms with Gasteiger partial charge in [0.25, 0.3) is 0 Å². The lowest BCUT2D eigenvalue weighted by Crippen LogP contribution is -2.33. The molecule has 0 heterocycles. The molecule has 136 valence electrons. The molecule has 0 amide bonds. The molecule has 2 aromatic carbocycles. The SMILES string of the molecule is COc1ccc(OCC(I)CC(F)(F)S(=O)(=O)c2ccccc2)cc1. The molecule has 8 heteroatoms. The van der Waals surface area contributed by atoms with Crippen molar-refractivity contribution in [2.24, 2.45) is 0 Å². The van der Waals surface area contributed by atoms with Crippen LogP contribution in [0.4, 0.5) is 8.78 Å². The Hall–Kier alpha value is -1.42. The highest BCUT2D eigenvalue weighted by molar-refractivity contribution is 14.1. The van der Waals surface area contributed by atoms with Crippen molar-refractivity contribution in [2.75, 3.05) is 13.7 Å². The summed E-state index contributed by atoms with van der Waals surface area (Å²) < 4.78 is 62.6. The molecule has 0 fully saturated rings. The van der Waals surface area contributed by atoms with Gasteiger partial charge in [-0.2, -0.15) is 8.78 Å². The fourth-order valence-corrected chi connectivity index (χ4v) is 4.37. The van der Waals surface area contributed by atoms with E-state index in [9.17, 15) is 17.2 Å². The van der Waals surface area contributed by atoms with E-state index in [1.807, 2.05) is 0 Å². The first-order valence-electron chi connectivity index (χ1n) is 7.35. The van der Waals surface area contributed by atoms with Crippen molar-refractivity contribution in [3.8, 4) is 11.5 Å². The summed E-state index contributed by atoms with van der Waals surface area (Å²) in [5.41, 5.74) is 0. The first kappa shape index (κ1) is 19.9. The van der Waals surface area contributed by atoms with Crippen LogP contribution < -0.4 is 9.47 Å². The Bertz CT molecular complexity index is 780. The first-order chi connectivity index (χ1) is 11.8. The van der Waals surface area contributed by atoms with Crippen LogP contribution in [0.2, 0.25) is 0 Å². The molecule has 0 radical (unpaired) electrons. The minimum atomic E-state index is -4.74.